The van der Waals surface area contributed by atoms with Gasteiger partial charge in [-0.15, -0.1) is 0 Å². The zero-order valence-corrected chi connectivity index (χ0v) is 9.78. The first-order valence-electron chi connectivity index (χ1n) is 5.94. The molecule has 1 amide bonds. The second kappa shape index (κ2) is 6.35. The Morgan fingerprint density at radius 3 is 2.75 bits per heavy atom. The summed E-state index contributed by atoms with van der Waals surface area (Å²) in [6.45, 7) is 2.53. The molecule has 1 aliphatic rings. The van der Waals surface area contributed by atoms with Crippen LogP contribution >= 0.6 is 0 Å². The highest BCUT2D eigenvalue weighted by molar-refractivity contribution is 6.01. The molecule has 92 valence electrons. The van der Waals surface area contributed by atoms with Crippen LogP contribution in [0.3, 0.4) is 0 Å². The summed E-state index contributed by atoms with van der Waals surface area (Å²) in [7, 11) is 0. The fourth-order valence-electron chi connectivity index (χ4n) is 1.90. The Kier molecular flexibility index (Phi) is 5.08. The van der Waals surface area contributed by atoms with Gasteiger partial charge in [0.15, 0.2) is 5.84 Å². The van der Waals surface area contributed by atoms with Crippen LogP contribution in [-0.4, -0.2) is 23.5 Å². The molecule has 1 aliphatic carbocycles. The zero-order valence-electron chi connectivity index (χ0n) is 9.78. The minimum atomic E-state index is -0.508. The Balaban J connectivity index is 2.25. The molecule has 0 aromatic heterocycles. The lowest BCUT2D eigenvalue weighted by molar-refractivity contribution is -0.123. The Labute approximate surface area is 96.1 Å². The maximum Gasteiger partial charge on any atom is 0.230 e. The molecule has 0 aromatic carbocycles. The minimum Gasteiger partial charge on any atom is -0.409 e. The van der Waals surface area contributed by atoms with Gasteiger partial charge < -0.3 is 16.3 Å². The fraction of sp³-hybridized carbons (Fsp3) is 0.818. The Morgan fingerprint density at radius 2 is 2.31 bits per heavy atom. The van der Waals surface area contributed by atoms with Crippen LogP contribution in [0.25, 0.3) is 0 Å². The molecule has 0 aromatic rings. The Bertz CT molecular complexity index is 262. The SMILES string of the molecule is CCC(C(=O)NCCC1CCC1)C(N)=NO. The van der Waals surface area contributed by atoms with Crippen molar-refractivity contribution in [3.8, 4) is 0 Å². The predicted molar refractivity (Wildman–Crippen MR) is 62.2 cm³/mol. The Hall–Kier alpha value is -1.26. The third-order valence-electron chi connectivity index (χ3n) is 3.27. The molecule has 16 heavy (non-hydrogen) atoms. The number of hydrogen-bond donors (Lipinski definition) is 3. The average Bonchev–Trinajstić information content (AvgIpc) is 2.22. The van der Waals surface area contributed by atoms with Crippen LogP contribution in [0.15, 0.2) is 5.16 Å². The van der Waals surface area contributed by atoms with E-state index in [-0.39, 0.29) is 11.7 Å². The van der Waals surface area contributed by atoms with Crippen LogP contribution in [0.5, 0.6) is 0 Å². The lowest BCUT2D eigenvalue weighted by Gasteiger charge is -2.25. The number of amides is 1. The van der Waals surface area contributed by atoms with Gasteiger partial charge in [-0.25, -0.2) is 0 Å². The summed E-state index contributed by atoms with van der Waals surface area (Å²) in [5.41, 5.74) is 5.44. The van der Waals surface area contributed by atoms with Crippen molar-refractivity contribution in [2.24, 2.45) is 22.7 Å². The van der Waals surface area contributed by atoms with Gasteiger partial charge in [0.1, 0.15) is 0 Å². The van der Waals surface area contributed by atoms with Crippen molar-refractivity contribution in [3.05, 3.63) is 0 Å². The van der Waals surface area contributed by atoms with Gasteiger partial charge in [-0.3, -0.25) is 4.79 Å². The van der Waals surface area contributed by atoms with Crippen molar-refractivity contribution in [1.29, 1.82) is 0 Å². The predicted octanol–water partition coefficient (Wildman–Crippen LogP) is 1.07. The molecular formula is C11H21N3O2. The van der Waals surface area contributed by atoms with Crippen LogP contribution in [0.2, 0.25) is 0 Å². The number of carbonyl (C=O) groups excluding carboxylic acids is 1. The molecule has 5 heteroatoms. The standard InChI is InChI=1S/C11H21N3O2/c1-2-9(10(12)14-16)11(15)13-7-6-8-4-3-5-8/h8-9,16H,2-7H2,1H3,(H2,12,14)(H,13,15). The molecule has 1 unspecified atom stereocenters. The number of amidine groups is 1. The van der Waals surface area contributed by atoms with Gasteiger partial charge in [-0.2, -0.15) is 0 Å². The molecule has 1 rings (SSSR count). The number of oxime groups is 1. The van der Waals surface area contributed by atoms with E-state index in [4.69, 9.17) is 10.9 Å². The summed E-state index contributed by atoms with van der Waals surface area (Å²) >= 11 is 0. The summed E-state index contributed by atoms with van der Waals surface area (Å²) in [6.07, 6.45) is 5.48. The van der Waals surface area contributed by atoms with Crippen molar-refractivity contribution in [2.45, 2.75) is 39.0 Å². The van der Waals surface area contributed by atoms with Gasteiger partial charge in [0, 0.05) is 6.54 Å². The van der Waals surface area contributed by atoms with E-state index in [1.165, 1.54) is 19.3 Å². The maximum absolute atomic E-state index is 11.7. The quantitative estimate of drug-likeness (QED) is 0.274. The van der Waals surface area contributed by atoms with Crippen molar-refractivity contribution in [3.63, 3.8) is 0 Å². The van der Waals surface area contributed by atoms with E-state index in [2.05, 4.69) is 10.5 Å². The number of rotatable bonds is 6. The first-order valence-corrected chi connectivity index (χ1v) is 5.94. The van der Waals surface area contributed by atoms with E-state index in [0.29, 0.717) is 13.0 Å². The average molecular weight is 227 g/mol. The summed E-state index contributed by atoms with van der Waals surface area (Å²) in [5, 5.41) is 14.3. The highest BCUT2D eigenvalue weighted by Crippen LogP contribution is 2.28. The summed E-state index contributed by atoms with van der Waals surface area (Å²) in [6, 6.07) is 0. The third kappa shape index (κ3) is 3.40. The van der Waals surface area contributed by atoms with E-state index in [1.54, 1.807) is 0 Å². The molecule has 0 aliphatic heterocycles. The molecule has 5 nitrogen and oxygen atoms in total. The van der Waals surface area contributed by atoms with E-state index < -0.39 is 5.92 Å². The van der Waals surface area contributed by atoms with Crippen molar-refractivity contribution >= 4 is 11.7 Å². The lowest BCUT2D eigenvalue weighted by atomic mass is 9.83. The first-order chi connectivity index (χ1) is 7.69. The van der Waals surface area contributed by atoms with Crippen LogP contribution < -0.4 is 11.1 Å². The molecule has 4 N–H and O–H groups in total. The molecule has 0 spiro atoms. The van der Waals surface area contributed by atoms with Gasteiger partial charge in [0.25, 0.3) is 0 Å². The second-order valence-electron chi connectivity index (χ2n) is 4.36. The van der Waals surface area contributed by atoms with Gasteiger partial charge in [0.2, 0.25) is 5.91 Å². The molecular weight excluding hydrogens is 206 g/mol. The highest BCUT2D eigenvalue weighted by atomic mass is 16.4. The number of hydrogen-bond acceptors (Lipinski definition) is 3. The second-order valence-corrected chi connectivity index (χ2v) is 4.36. The molecule has 1 fully saturated rings. The molecule has 0 radical (unpaired) electrons. The maximum atomic E-state index is 11.7. The van der Waals surface area contributed by atoms with E-state index in [0.717, 1.165) is 12.3 Å². The van der Waals surface area contributed by atoms with Crippen LogP contribution in [0.4, 0.5) is 0 Å². The van der Waals surface area contributed by atoms with Crippen LogP contribution in [-0.2, 0) is 4.79 Å². The zero-order chi connectivity index (χ0) is 12.0. The van der Waals surface area contributed by atoms with Crippen LogP contribution in [0, 0.1) is 11.8 Å². The van der Waals surface area contributed by atoms with Crippen molar-refractivity contribution < 1.29 is 10.0 Å². The molecule has 1 atom stereocenters. The summed E-state index contributed by atoms with van der Waals surface area (Å²) in [4.78, 5) is 11.7. The highest BCUT2D eigenvalue weighted by Gasteiger charge is 2.22. The van der Waals surface area contributed by atoms with Gasteiger partial charge in [-0.05, 0) is 18.8 Å². The molecule has 1 saturated carbocycles. The smallest absolute Gasteiger partial charge is 0.230 e. The normalized spacial score (nSPS) is 18.9. The fourth-order valence-corrected chi connectivity index (χ4v) is 1.90. The monoisotopic (exact) mass is 227 g/mol. The van der Waals surface area contributed by atoms with Crippen molar-refractivity contribution in [1.82, 2.24) is 5.32 Å². The van der Waals surface area contributed by atoms with Gasteiger partial charge in [0.05, 0.1) is 5.92 Å². The number of carbonyl (C=O) groups is 1. The summed E-state index contributed by atoms with van der Waals surface area (Å²) < 4.78 is 0. The third-order valence-corrected chi connectivity index (χ3v) is 3.27. The molecule has 0 bridgehead atoms. The first kappa shape index (κ1) is 12.8. The minimum absolute atomic E-state index is 0.0105. The van der Waals surface area contributed by atoms with Gasteiger partial charge in [-0.1, -0.05) is 31.3 Å². The van der Waals surface area contributed by atoms with E-state index >= 15 is 0 Å². The van der Waals surface area contributed by atoms with Crippen LogP contribution in [0.1, 0.15) is 39.0 Å². The lowest BCUT2D eigenvalue weighted by Crippen LogP contribution is -2.39. The van der Waals surface area contributed by atoms with Crippen molar-refractivity contribution in [2.75, 3.05) is 6.54 Å². The van der Waals surface area contributed by atoms with E-state index in [9.17, 15) is 4.79 Å². The van der Waals surface area contributed by atoms with Gasteiger partial charge >= 0.3 is 0 Å². The molecule has 0 saturated heterocycles. The Morgan fingerprint density at radius 1 is 1.62 bits per heavy atom. The largest absolute Gasteiger partial charge is 0.409 e. The summed E-state index contributed by atoms with van der Waals surface area (Å²) in [5.74, 6) is 0.122. The number of nitrogens with zero attached hydrogens (tertiary/aromatic N) is 1. The molecule has 0 heterocycles. The van der Waals surface area contributed by atoms with E-state index in [1.807, 2.05) is 6.92 Å². The number of nitrogens with two attached hydrogens (primary N) is 1. The number of nitrogens with one attached hydrogen (secondary N) is 1. The topological polar surface area (TPSA) is 87.7 Å².